The molecule has 0 amide bonds. The fraction of sp³-hybridized carbons (Fsp3) is 0.636. The van der Waals surface area contributed by atoms with Crippen LogP contribution >= 0.6 is 11.3 Å². The first kappa shape index (κ1) is 12.6. The molecule has 4 heteroatoms. The lowest BCUT2D eigenvalue weighted by molar-refractivity contribution is 0.0427. The monoisotopic (exact) mass is 229 g/mol. The molecule has 1 aromatic rings. The highest BCUT2D eigenvalue weighted by molar-refractivity contribution is 7.11. The van der Waals surface area contributed by atoms with Crippen LogP contribution in [0.15, 0.2) is 12.1 Å². The average Bonchev–Trinajstić information content (AvgIpc) is 2.61. The largest absolute Gasteiger partial charge is 0.389 e. The Bertz CT molecular complexity index is 275. The summed E-state index contributed by atoms with van der Waals surface area (Å²) in [4.78, 5) is 2.62. The third kappa shape index (κ3) is 5.28. The maximum absolute atomic E-state index is 9.48. The van der Waals surface area contributed by atoms with E-state index in [0.717, 1.165) is 6.54 Å². The summed E-state index contributed by atoms with van der Waals surface area (Å²) in [6.45, 7) is 6.49. The Morgan fingerprint density at radius 3 is 2.93 bits per heavy atom. The highest BCUT2D eigenvalue weighted by Gasteiger charge is 2.03. The fourth-order valence-electron chi connectivity index (χ4n) is 1.25. The minimum atomic E-state index is -0.411. The van der Waals surface area contributed by atoms with Gasteiger partial charge in [-0.3, -0.25) is 0 Å². The molecule has 1 atom stereocenters. The Morgan fingerprint density at radius 2 is 2.33 bits per heavy atom. The number of nitrogens with one attached hydrogen (secondary N) is 1. The molecule has 0 saturated carbocycles. The number of rotatable bonds is 7. The molecule has 2 N–H and O–H groups in total. The number of aliphatic hydroxyl groups excluding tert-OH is 1. The normalized spacial score (nSPS) is 13.0. The molecule has 1 rings (SSSR count). The van der Waals surface area contributed by atoms with Crippen molar-refractivity contribution in [2.75, 3.05) is 19.8 Å². The third-order valence-electron chi connectivity index (χ3n) is 1.99. The predicted molar refractivity (Wildman–Crippen MR) is 63.3 cm³/mol. The highest BCUT2D eigenvalue weighted by Crippen LogP contribution is 2.14. The van der Waals surface area contributed by atoms with Crippen LogP contribution in [0.4, 0.5) is 0 Å². The van der Waals surface area contributed by atoms with Gasteiger partial charge >= 0.3 is 0 Å². The second-order valence-electron chi connectivity index (χ2n) is 3.46. The molecular formula is C11H19NO2S. The minimum absolute atomic E-state index is 0.410. The second kappa shape index (κ2) is 6.95. The van der Waals surface area contributed by atoms with E-state index in [2.05, 4.69) is 24.4 Å². The van der Waals surface area contributed by atoms with Crippen LogP contribution in [0.2, 0.25) is 0 Å². The molecule has 0 radical (unpaired) electrons. The summed E-state index contributed by atoms with van der Waals surface area (Å²) in [5, 5.41) is 12.7. The number of ether oxygens (including phenoxy) is 1. The van der Waals surface area contributed by atoms with E-state index in [1.807, 2.05) is 6.92 Å². The van der Waals surface area contributed by atoms with Crippen LogP contribution in [-0.2, 0) is 11.3 Å². The van der Waals surface area contributed by atoms with Crippen LogP contribution < -0.4 is 5.32 Å². The molecule has 1 heterocycles. The molecule has 0 aliphatic heterocycles. The number of hydrogen-bond acceptors (Lipinski definition) is 4. The lowest BCUT2D eigenvalue weighted by Crippen LogP contribution is -2.29. The van der Waals surface area contributed by atoms with Gasteiger partial charge < -0.3 is 15.2 Å². The standard InChI is InChI=1S/C11H19NO2S/c1-3-14-8-10(13)6-12-7-11-5-4-9(2)15-11/h4-5,10,12-13H,3,6-8H2,1-2H3. The van der Waals surface area contributed by atoms with Crippen LogP contribution in [0.25, 0.3) is 0 Å². The zero-order valence-electron chi connectivity index (χ0n) is 9.32. The van der Waals surface area contributed by atoms with E-state index < -0.39 is 6.10 Å². The summed E-state index contributed by atoms with van der Waals surface area (Å²) < 4.78 is 5.11. The maximum Gasteiger partial charge on any atom is 0.0897 e. The molecule has 15 heavy (non-hydrogen) atoms. The molecule has 0 aliphatic rings. The summed E-state index contributed by atoms with van der Waals surface area (Å²) in [6.07, 6.45) is -0.411. The summed E-state index contributed by atoms with van der Waals surface area (Å²) in [5.41, 5.74) is 0. The van der Waals surface area contributed by atoms with E-state index in [1.165, 1.54) is 9.75 Å². The number of aliphatic hydroxyl groups is 1. The summed E-state index contributed by atoms with van der Waals surface area (Å²) in [6, 6.07) is 4.22. The van der Waals surface area contributed by atoms with Gasteiger partial charge in [-0.1, -0.05) is 0 Å². The van der Waals surface area contributed by atoms with Crippen molar-refractivity contribution in [3.8, 4) is 0 Å². The van der Waals surface area contributed by atoms with Crippen molar-refractivity contribution in [1.29, 1.82) is 0 Å². The molecular weight excluding hydrogens is 210 g/mol. The van der Waals surface area contributed by atoms with Gasteiger partial charge in [-0.15, -0.1) is 11.3 Å². The van der Waals surface area contributed by atoms with Gasteiger partial charge in [0, 0.05) is 29.5 Å². The van der Waals surface area contributed by atoms with Crippen molar-refractivity contribution in [3.63, 3.8) is 0 Å². The lowest BCUT2D eigenvalue weighted by atomic mass is 10.3. The molecule has 1 unspecified atom stereocenters. The van der Waals surface area contributed by atoms with Crippen LogP contribution in [0, 0.1) is 6.92 Å². The van der Waals surface area contributed by atoms with Crippen molar-refractivity contribution >= 4 is 11.3 Å². The Morgan fingerprint density at radius 1 is 1.53 bits per heavy atom. The molecule has 0 aromatic carbocycles. The van der Waals surface area contributed by atoms with E-state index in [-0.39, 0.29) is 0 Å². The first-order valence-electron chi connectivity index (χ1n) is 5.24. The van der Waals surface area contributed by atoms with Crippen LogP contribution in [0.5, 0.6) is 0 Å². The van der Waals surface area contributed by atoms with Crippen molar-refractivity contribution in [3.05, 3.63) is 21.9 Å². The number of thiophene rings is 1. The van der Waals surface area contributed by atoms with E-state index in [1.54, 1.807) is 11.3 Å². The van der Waals surface area contributed by atoms with Gasteiger partial charge in [-0.2, -0.15) is 0 Å². The zero-order chi connectivity index (χ0) is 11.1. The molecule has 0 bridgehead atoms. The minimum Gasteiger partial charge on any atom is -0.389 e. The molecule has 0 aliphatic carbocycles. The molecule has 86 valence electrons. The van der Waals surface area contributed by atoms with Crippen LogP contribution in [0.3, 0.4) is 0 Å². The Balaban J connectivity index is 2.10. The van der Waals surface area contributed by atoms with Gasteiger partial charge in [-0.25, -0.2) is 0 Å². The summed E-state index contributed by atoms with van der Waals surface area (Å²) in [5.74, 6) is 0. The second-order valence-corrected chi connectivity index (χ2v) is 4.83. The highest BCUT2D eigenvalue weighted by atomic mass is 32.1. The summed E-state index contributed by atoms with van der Waals surface area (Å²) >= 11 is 1.78. The Hall–Kier alpha value is -0.420. The van der Waals surface area contributed by atoms with E-state index in [4.69, 9.17) is 4.74 Å². The Kier molecular flexibility index (Phi) is 5.86. The van der Waals surface area contributed by atoms with Gasteiger partial charge in [0.15, 0.2) is 0 Å². The molecule has 0 saturated heterocycles. The summed E-state index contributed by atoms with van der Waals surface area (Å²) in [7, 11) is 0. The molecule has 1 aromatic heterocycles. The number of aryl methyl sites for hydroxylation is 1. The topological polar surface area (TPSA) is 41.5 Å². The van der Waals surface area contributed by atoms with Crippen molar-refractivity contribution < 1.29 is 9.84 Å². The third-order valence-corrected chi connectivity index (χ3v) is 2.99. The SMILES string of the molecule is CCOCC(O)CNCc1ccc(C)s1. The quantitative estimate of drug-likeness (QED) is 0.745. The van der Waals surface area contributed by atoms with E-state index >= 15 is 0 Å². The van der Waals surface area contributed by atoms with Gasteiger partial charge in [-0.05, 0) is 26.0 Å². The van der Waals surface area contributed by atoms with Crippen molar-refractivity contribution in [1.82, 2.24) is 5.32 Å². The molecule has 3 nitrogen and oxygen atoms in total. The smallest absolute Gasteiger partial charge is 0.0897 e. The van der Waals surface area contributed by atoms with Gasteiger partial charge in [0.2, 0.25) is 0 Å². The predicted octanol–water partition coefficient (Wildman–Crippen LogP) is 1.54. The van der Waals surface area contributed by atoms with E-state index in [9.17, 15) is 5.11 Å². The fourth-order valence-corrected chi connectivity index (χ4v) is 2.11. The van der Waals surface area contributed by atoms with Crippen molar-refractivity contribution in [2.24, 2.45) is 0 Å². The van der Waals surface area contributed by atoms with Crippen LogP contribution in [-0.4, -0.2) is 31.0 Å². The maximum atomic E-state index is 9.48. The van der Waals surface area contributed by atoms with Gasteiger partial charge in [0.25, 0.3) is 0 Å². The first-order chi connectivity index (χ1) is 7.22. The van der Waals surface area contributed by atoms with E-state index in [0.29, 0.717) is 19.8 Å². The molecule has 0 fully saturated rings. The lowest BCUT2D eigenvalue weighted by Gasteiger charge is -2.10. The average molecular weight is 229 g/mol. The first-order valence-corrected chi connectivity index (χ1v) is 6.06. The van der Waals surface area contributed by atoms with Crippen molar-refractivity contribution in [2.45, 2.75) is 26.5 Å². The zero-order valence-corrected chi connectivity index (χ0v) is 10.1. The van der Waals surface area contributed by atoms with Gasteiger partial charge in [0.1, 0.15) is 0 Å². The Labute approximate surface area is 95.1 Å². The van der Waals surface area contributed by atoms with Crippen LogP contribution in [0.1, 0.15) is 16.7 Å². The molecule has 0 spiro atoms. The van der Waals surface area contributed by atoms with Gasteiger partial charge in [0.05, 0.1) is 12.7 Å². The number of hydrogen-bond donors (Lipinski definition) is 2.